The van der Waals surface area contributed by atoms with Crippen LogP contribution in [0, 0.1) is 0 Å². The second-order valence-electron chi connectivity index (χ2n) is 11.4. The van der Waals surface area contributed by atoms with E-state index in [1.807, 2.05) is 24.3 Å². The molecule has 1 rings (SSSR count). The number of hydrogen-bond donors (Lipinski definition) is 1. The number of carbonyl (C=O) groups excluding carboxylic acids is 1. The summed E-state index contributed by atoms with van der Waals surface area (Å²) in [5, 5.41) is 11.2. The third-order valence-corrected chi connectivity index (χ3v) is 9.03. The summed E-state index contributed by atoms with van der Waals surface area (Å²) >= 11 is 0. The number of nitrogens with zero attached hydrogens (tertiary/aromatic N) is 1. The van der Waals surface area contributed by atoms with Crippen LogP contribution in [-0.4, -0.2) is 68.2 Å². The summed E-state index contributed by atoms with van der Waals surface area (Å²) in [5.74, 6) is -0.612. The Hall–Kier alpha value is -1.44. The number of ether oxygens (including phenoxy) is 2. The molecule has 39 heavy (non-hydrogen) atoms. The summed E-state index contributed by atoms with van der Waals surface area (Å²) in [4.78, 5) is 22.3. The fourth-order valence-corrected chi connectivity index (χ4v) is 6.58. The average Bonchev–Trinajstić information content (AvgIpc) is 2.85. The normalized spacial score (nSPS) is 14.9. The summed E-state index contributed by atoms with van der Waals surface area (Å²) in [6, 6.07) is 7.58. The van der Waals surface area contributed by atoms with E-state index in [4.69, 9.17) is 14.0 Å². The monoisotopic (exact) mass is 571 g/mol. The van der Waals surface area contributed by atoms with Crippen molar-refractivity contribution >= 4 is 13.6 Å². The summed E-state index contributed by atoms with van der Waals surface area (Å²) in [6.45, 7) is 3.47. The van der Waals surface area contributed by atoms with E-state index in [-0.39, 0.29) is 17.5 Å². The summed E-state index contributed by atoms with van der Waals surface area (Å²) in [5.41, 5.74) is 0.872. The molecule has 1 aromatic rings. The van der Waals surface area contributed by atoms with Crippen molar-refractivity contribution in [3.63, 3.8) is 0 Å². The van der Waals surface area contributed by atoms with Gasteiger partial charge in [-0.3, -0.25) is 9.36 Å². The maximum absolute atomic E-state index is 13.0. The lowest BCUT2D eigenvalue weighted by molar-refractivity contribution is -0.884. The minimum Gasteiger partial charge on any atom is -0.854 e. The van der Waals surface area contributed by atoms with Crippen molar-refractivity contribution < 1.29 is 37.8 Å². The Labute approximate surface area is 237 Å². The maximum Gasteiger partial charge on any atom is 0.385 e. The van der Waals surface area contributed by atoms with Gasteiger partial charge in [0.2, 0.25) is 0 Å². The molecule has 3 unspecified atom stereocenters. The van der Waals surface area contributed by atoms with Crippen molar-refractivity contribution in [2.75, 3.05) is 41.0 Å². The highest BCUT2D eigenvalue weighted by atomic mass is 31.2. The van der Waals surface area contributed by atoms with Gasteiger partial charge in [0.1, 0.15) is 11.9 Å². The van der Waals surface area contributed by atoms with Gasteiger partial charge in [0.25, 0.3) is 0 Å². The molecule has 0 heterocycles. The van der Waals surface area contributed by atoms with E-state index in [1.54, 1.807) is 21.1 Å². The largest absolute Gasteiger partial charge is 0.854 e. The lowest BCUT2D eigenvalue weighted by Crippen LogP contribution is -2.46. The van der Waals surface area contributed by atoms with Crippen LogP contribution in [0.1, 0.15) is 96.5 Å². The van der Waals surface area contributed by atoms with Gasteiger partial charge in [0, 0.05) is 13.3 Å². The Kier molecular flexibility index (Phi) is 17.9. The van der Waals surface area contributed by atoms with Gasteiger partial charge in [0.15, 0.2) is 5.78 Å². The zero-order valence-electron chi connectivity index (χ0n) is 25.1. The fourth-order valence-electron chi connectivity index (χ4n) is 4.72. The van der Waals surface area contributed by atoms with Gasteiger partial charge in [0.05, 0.1) is 34.4 Å². The topological polar surface area (TPSA) is 105 Å². The van der Waals surface area contributed by atoms with Crippen LogP contribution in [-0.2, 0) is 25.0 Å². The van der Waals surface area contributed by atoms with E-state index in [2.05, 4.69) is 6.92 Å². The number of hydrogen-bond acceptors (Lipinski definition) is 6. The van der Waals surface area contributed by atoms with E-state index in [1.165, 1.54) is 64.7 Å². The lowest BCUT2D eigenvalue weighted by atomic mass is 10.1. The summed E-state index contributed by atoms with van der Waals surface area (Å²) in [6.07, 6.45) is 13.7. The van der Waals surface area contributed by atoms with Crippen molar-refractivity contribution in [2.24, 2.45) is 0 Å². The van der Waals surface area contributed by atoms with Crippen molar-refractivity contribution in [1.82, 2.24) is 0 Å². The second kappa shape index (κ2) is 19.6. The van der Waals surface area contributed by atoms with E-state index in [9.17, 15) is 19.4 Å². The van der Waals surface area contributed by atoms with Crippen LogP contribution in [0.2, 0.25) is 0 Å². The van der Waals surface area contributed by atoms with Crippen LogP contribution in [0.4, 0.5) is 0 Å². The summed E-state index contributed by atoms with van der Waals surface area (Å²) in [7, 11) is 1.11. The van der Waals surface area contributed by atoms with Gasteiger partial charge < -0.3 is 28.5 Å². The lowest BCUT2D eigenvalue weighted by Gasteiger charge is -2.36. The van der Waals surface area contributed by atoms with Crippen LogP contribution in [0.3, 0.4) is 0 Å². The van der Waals surface area contributed by atoms with Crippen molar-refractivity contribution in [1.29, 1.82) is 0 Å². The first-order chi connectivity index (χ1) is 18.5. The van der Waals surface area contributed by atoms with Crippen LogP contribution in [0.5, 0.6) is 5.75 Å². The Bertz CT molecular complexity index is 843. The molecule has 0 saturated carbocycles. The Morgan fingerprint density at radius 3 is 2.13 bits per heavy atom. The van der Waals surface area contributed by atoms with E-state index in [0.717, 1.165) is 24.2 Å². The van der Waals surface area contributed by atoms with Crippen LogP contribution < -0.4 is 9.84 Å². The molecule has 9 heteroatoms. The van der Waals surface area contributed by atoms with Crippen molar-refractivity contribution in [3.8, 4) is 5.75 Å². The molecule has 0 bridgehead atoms. The predicted octanol–water partition coefficient (Wildman–Crippen LogP) is 5.84. The molecule has 1 aromatic carbocycles. The quantitative estimate of drug-likeness (QED) is 0.0762. The minimum absolute atomic E-state index is 0.00796. The maximum atomic E-state index is 13.0. The smallest absolute Gasteiger partial charge is 0.385 e. The molecule has 0 saturated heterocycles. The highest BCUT2D eigenvalue weighted by Crippen LogP contribution is 2.51. The molecule has 3 atom stereocenters. The Morgan fingerprint density at radius 2 is 1.59 bits per heavy atom. The molecule has 0 spiro atoms. The first-order valence-corrected chi connectivity index (χ1v) is 16.4. The van der Waals surface area contributed by atoms with Gasteiger partial charge in [-0.15, -0.1) is 6.61 Å². The highest BCUT2D eigenvalue weighted by Gasteiger charge is 2.42. The number of carbonyl (C=O) groups is 1. The van der Waals surface area contributed by atoms with Gasteiger partial charge in [-0.1, -0.05) is 83.3 Å². The standard InChI is InChI=1S/C30H54NO7P/c1-6-7-8-9-10-11-12-13-14-15-16-22-36-28-19-17-18-27(23-28)24-29(38-26(2)33)25-37-39(34,35)30(20-21-32)31(3,4)5/h17-19,23,29-30H,6-16,20-22,24-25H2,1-5H3,(H,34,35). The first-order valence-electron chi connectivity index (χ1n) is 14.7. The molecule has 0 amide bonds. The SMILES string of the molecule is CCCCCCCCCCCCCOc1cccc(CC(COP(=O)(O)C(CC[O-])[N+](C)(C)C)OC(C)=O)c1. The number of esters is 1. The van der Waals surface area contributed by atoms with Crippen LogP contribution in [0.25, 0.3) is 0 Å². The van der Waals surface area contributed by atoms with E-state index >= 15 is 0 Å². The van der Waals surface area contributed by atoms with Crippen LogP contribution in [0.15, 0.2) is 24.3 Å². The van der Waals surface area contributed by atoms with Gasteiger partial charge in [-0.25, -0.2) is 0 Å². The zero-order valence-corrected chi connectivity index (χ0v) is 26.0. The molecule has 0 aliphatic rings. The zero-order chi connectivity index (χ0) is 29.2. The van der Waals surface area contributed by atoms with Crippen molar-refractivity contribution in [2.45, 2.75) is 109 Å². The molecule has 0 radical (unpaired) electrons. The number of rotatable bonds is 23. The van der Waals surface area contributed by atoms with E-state index < -0.39 is 32.1 Å². The first kappa shape index (κ1) is 35.6. The third kappa shape index (κ3) is 16.4. The number of unbranched alkanes of at least 4 members (excludes halogenated alkanes) is 10. The van der Waals surface area contributed by atoms with Crippen molar-refractivity contribution in [3.05, 3.63) is 29.8 Å². The van der Waals surface area contributed by atoms with E-state index in [0.29, 0.717) is 13.0 Å². The third-order valence-electron chi connectivity index (χ3n) is 6.80. The second-order valence-corrected chi connectivity index (χ2v) is 13.4. The minimum atomic E-state index is -4.13. The predicted molar refractivity (Wildman–Crippen MR) is 155 cm³/mol. The average molecular weight is 572 g/mol. The molecule has 1 N–H and O–H groups in total. The van der Waals surface area contributed by atoms with Gasteiger partial charge in [-0.05, 0) is 30.5 Å². The Morgan fingerprint density at radius 1 is 1.00 bits per heavy atom. The number of benzene rings is 1. The molecular weight excluding hydrogens is 517 g/mol. The summed E-state index contributed by atoms with van der Waals surface area (Å²) < 4.78 is 29.8. The molecule has 226 valence electrons. The molecule has 0 aliphatic heterocycles. The molecule has 0 aromatic heterocycles. The molecular formula is C30H54NO7P. The highest BCUT2D eigenvalue weighted by molar-refractivity contribution is 7.53. The molecule has 0 fully saturated rings. The van der Waals surface area contributed by atoms with Crippen LogP contribution >= 0.6 is 7.60 Å². The fraction of sp³-hybridized carbons (Fsp3) is 0.767. The Balaban J connectivity index is 2.50. The van der Waals surface area contributed by atoms with Gasteiger partial charge >= 0.3 is 13.6 Å². The number of quaternary nitrogens is 1. The molecule has 8 nitrogen and oxygen atoms in total. The van der Waals surface area contributed by atoms with Gasteiger partial charge in [-0.2, -0.15) is 0 Å². The molecule has 0 aliphatic carbocycles.